The Morgan fingerprint density at radius 1 is 1.35 bits per heavy atom. The van der Waals surface area contributed by atoms with Gasteiger partial charge in [0.15, 0.2) is 11.5 Å². The van der Waals surface area contributed by atoms with Gasteiger partial charge in [-0.25, -0.2) is 14.1 Å². The summed E-state index contributed by atoms with van der Waals surface area (Å²) >= 11 is 1.02. The van der Waals surface area contributed by atoms with E-state index in [1.54, 1.807) is 6.07 Å². The van der Waals surface area contributed by atoms with Gasteiger partial charge in [0, 0.05) is 24.2 Å². The molecule has 3 N–H and O–H groups in total. The Morgan fingerprint density at radius 3 is 2.96 bits per heavy atom. The fraction of sp³-hybridized carbons (Fsp3) is 0.118. The molecule has 0 unspecified atom stereocenters. The smallest absolute Gasteiger partial charge is 0.266 e. The summed E-state index contributed by atoms with van der Waals surface area (Å²) in [6.45, 7) is 0.529. The molecule has 0 aliphatic carbocycles. The van der Waals surface area contributed by atoms with Crippen LogP contribution in [0.25, 0.3) is 16.6 Å². The van der Waals surface area contributed by atoms with Crippen LogP contribution in [-0.2, 0) is 11.4 Å². The van der Waals surface area contributed by atoms with Crippen molar-refractivity contribution in [3.8, 4) is 5.69 Å². The van der Waals surface area contributed by atoms with Crippen LogP contribution in [0.4, 0.5) is 4.39 Å². The van der Waals surface area contributed by atoms with Crippen molar-refractivity contribution in [3.05, 3.63) is 69.5 Å². The second-order valence-corrected chi connectivity index (χ2v) is 6.17. The molecule has 1 aliphatic rings. The summed E-state index contributed by atoms with van der Waals surface area (Å²) in [5.41, 5.74) is 2.53. The van der Waals surface area contributed by atoms with Gasteiger partial charge in [-0.3, -0.25) is 14.5 Å². The van der Waals surface area contributed by atoms with Gasteiger partial charge < -0.3 is 4.84 Å². The molecular weight excluding hydrogens is 357 g/mol. The van der Waals surface area contributed by atoms with Crippen molar-refractivity contribution >= 4 is 28.7 Å². The van der Waals surface area contributed by atoms with Crippen LogP contribution >= 0.6 is 12.1 Å². The van der Waals surface area contributed by atoms with Crippen molar-refractivity contribution in [2.24, 2.45) is 10.3 Å². The van der Waals surface area contributed by atoms with Gasteiger partial charge in [0.25, 0.3) is 5.56 Å². The molecule has 3 aromatic rings. The normalized spacial score (nSPS) is 13.9. The van der Waals surface area contributed by atoms with Gasteiger partial charge in [-0.15, -0.1) is 0 Å². The van der Waals surface area contributed by atoms with Gasteiger partial charge >= 0.3 is 0 Å². The summed E-state index contributed by atoms with van der Waals surface area (Å²) in [5, 5.41) is 9.80. The Kier molecular flexibility index (Phi) is 4.19. The van der Waals surface area contributed by atoms with E-state index in [9.17, 15) is 9.18 Å². The number of fused-ring (bicyclic) bond motifs is 4. The Morgan fingerprint density at radius 2 is 2.19 bits per heavy atom. The van der Waals surface area contributed by atoms with Crippen molar-refractivity contribution < 1.29 is 9.23 Å². The molecule has 4 rings (SSSR count). The summed E-state index contributed by atoms with van der Waals surface area (Å²) < 4.78 is 18.1. The molecule has 0 spiro atoms. The molecule has 0 radical (unpaired) electrons. The average molecular weight is 371 g/mol. The highest BCUT2D eigenvalue weighted by Gasteiger charge is 2.29. The monoisotopic (exact) mass is 371 g/mol. The zero-order valence-electron chi connectivity index (χ0n) is 13.7. The molecule has 7 nitrogen and oxygen atoms in total. The van der Waals surface area contributed by atoms with Gasteiger partial charge in [-0.1, -0.05) is 11.2 Å². The van der Waals surface area contributed by atoms with Crippen LogP contribution in [0.5, 0.6) is 0 Å². The maximum absolute atomic E-state index is 13.7. The van der Waals surface area contributed by atoms with Gasteiger partial charge in [-0.2, -0.15) is 0 Å². The summed E-state index contributed by atoms with van der Waals surface area (Å²) in [7, 11) is 1.39. The third-order valence-electron chi connectivity index (χ3n) is 4.14. The zero-order chi connectivity index (χ0) is 18.3. The molecule has 0 fully saturated rings. The molecule has 9 heteroatoms. The highest BCUT2D eigenvalue weighted by atomic mass is 32.2. The number of nitrogens with two attached hydrogens (primary N) is 1. The lowest BCUT2D eigenvalue weighted by Gasteiger charge is -2.08. The first kappa shape index (κ1) is 16.7. The minimum atomic E-state index is -0.425. The van der Waals surface area contributed by atoms with Crippen molar-refractivity contribution in [2.75, 3.05) is 7.11 Å². The maximum Gasteiger partial charge on any atom is 0.266 e. The Labute approximate surface area is 151 Å². The Hall–Kier alpha value is -2.75. The number of hydrogen-bond donors (Lipinski definition) is 2. The summed E-state index contributed by atoms with van der Waals surface area (Å²) in [4.78, 5) is 22.5. The van der Waals surface area contributed by atoms with Crippen LogP contribution in [0.1, 0.15) is 17.0 Å². The van der Waals surface area contributed by atoms with E-state index in [0.717, 1.165) is 17.7 Å². The topological polar surface area (TPSA) is 94.5 Å². The Balaban J connectivity index is 1.99. The Bertz CT molecular complexity index is 1110. The van der Waals surface area contributed by atoms with E-state index in [4.69, 9.17) is 9.98 Å². The number of rotatable bonds is 4. The molecule has 1 aliphatic heterocycles. The number of aromatic nitrogens is 2. The van der Waals surface area contributed by atoms with E-state index in [1.807, 2.05) is 12.1 Å². The molecule has 0 atom stereocenters. The van der Waals surface area contributed by atoms with Gasteiger partial charge in [0.2, 0.25) is 0 Å². The lowest BCUT2D eigenvalue weighted by molar-refractivity contribution is 0.214. The van der Waals surface area contributed by atoms with Gasteiger partial charge in [0.1, 0.15) is 12.9 Å². The predicted octanol–water partition coefficient (Wildman–Crippen LogP) is 1.85. The van der Waals surface area contributed by atoms with Crippen LogP contribution in [0.15, 0.2) is 46.3 Å². The van der Waals surface area contributed by atoms with Gasteiger partial charge in [0.05, 0.1) is 16.6 Å². The summed E-state index contributed by atoms with van der Waals surface area (Å²) in [6.07, 6.45) is 0. The lowest BCUT2D eigenvalue weighted by atomic mass is 10.1. The fourth-order valence-electron chi connectivity index (χ4n) is 3.04. The van der Waals surface area contributed by atoms with Crippen molar-refractivity contribution in [2.45, 2.75) is 6.54 Å². The maximum atomic E-state index is 13.7. The number of nitrogens with one attached hydrogen (secondary N) is 1. The standard InChI is InChI=1S/C17H14FN5O2S/c1-25-22-15-12-7-10(18)3-5-14(12)23-16(15)21-13-6-9(8-20-26-19)2-4-11(13)17(23)24/h2-7,20H,8,19H2,1H3/b22-15-. The van der Waals surface area contributed by atoms with Crippen LogP contribution < -0.4 is 15.4 Å². The molecule has 0 saturated carbocycles. The van der Waals surface area contributed by atoms with Crippen LogP contribution in [-0.4, -0.2) is 22.4 Å². The minimum Gasteiger partial charge on any atom is -0.399 e. The average Bonchev–Trinajstić information content (AvgIpc) is 2.93. The zero-order valence-corrected chi connectivity index (χ0v) is 14.5. The quantitative estimate of drug-likeness (QED) is 0.420. The number of benzene rings is 2. The molecule has 0 amide bonds. The molecule has 2 aromatic carbocycles. The number of oxime groups is 1. The van der Waals surface area contributed by atoms with Crippen molar-refractivity contribution in [1.82, 2.24) is 14.3 Å². The number of hydrogen-bond acceptors (Lipinski definition) is 7. The lowest BCUT2D eigenvalue weighted by Crippen LogP contribution is -2.22. The van der Waals surface area contributed by atoms with E-state index >= 15 is 0 Å². The third kappa shape index (κ3) is 2.57. The van der Waals surface area contributed by atoms with Gasteiger partial charge in [-0.05, 0) is 35.9 Å². The van der Waals surface area contributed by atoms with Crippen molar-refractivity contribution in [3.63, 3.8) is 0 Å². The first-order valence-corrected chi connectivity index (χ1v) is 8.58. The second-order valence-electron chi connectivity index (χ2n) is 5.65. The number of nitrogens with zero attached hydrogens (tertiary/aromatic N) is 3. The minimum absolute atomic E-state index is 0.244. The predicted molar refractivity (Wildman–Crippen MR) is 98.6 cm³/mol. The molecule has 1 aromatic heterocycles. The van der Waals surface area contributed by atoms with Crippen LogP contribution in [0.2, 0.25) is 0 Å². The first-order chi connectivity index (χ1) is 12.6. The fourth-order valence-corrected chi connectivity index (χ4v) is 3.29. The van der Waals surface area contributed by atoms with E-state index < -0.39 is 5.82 Å². The largest absolute Gasteiger partial charge is 0.399 e. The highest BCUT2D eigenvalue weighted by molar-refractivity contribution is 7.95. The van der Waals surface area contributed by atoms with Crippen LogP contribution in [0, 0.1) is 5.82 Å². The van der Waals surface area contributed by atoms with E-state index in [2.05, 4.69) is 14.9 Å². The summed E-state index contributed by atoms with van der Waals surface area (Å²) in [5.74, 6) is -0.103. The molecule has 0 saturated heterocycles. The summed E-state index contributed by atoms with van der Waals surface area (Å²) in [6, 6.07) is 9.54. The number of halogens is 1. The molecule has 0 bridgehead atoms. The molecule has 26 heavy (non-hydrogen) atoms. The molecule has 2 heterocycles. The second kappa shape index (κ2) is 6.52. The van der Waals surface area contributed by atoms with E-state index in [0.29, 0.717) is 40.2 Å². The molecular formula is C17H14FN5O2S. The SMILES string of the molecule is CO/N=C1/c2cc(F)ccc2-n2c1nc1cc(CNSN)ccc1c2=O. The van der Waals surface area contributed by atoms with Crippen molar-refractivity contribution in [1.29, 1.82) is 0 Å². The molecule has 132 valence electrons. The highest BCUT2D eigenvalue weighted by Crippen LogP contribution is 2.28. The third-order valence-corrected chi connectivity index (χ3v) is 4.45. The van der Waals surface area contributed by atoms with E-state index in [1.165, 1.54) is 29.9 Å². The van der Waals surface area contributed by atoms with E-state index in [-0.39, 0.29) is 5.56 Å². The first-order valence-electron chi connectivity index (χ1n) is 7.70. The van der Waals surface area contributed by atoms with Crippen LogP contribution in [0.3, 0.4) is 0 Å².